The summed E-state index contributed by atoms with van der Waals surface area (Å²) in [4.78, 5) is 15.0. The van der Waals surface area contributed by atoms with Crippen molar-refractivity contribution in [3.8, 4) is 0 Å². The van der Waals surface area contributed by atoms with E-state index >= 15 is 0 Å². The Kier molecular flexibility index (Phi) is 5.76. The van der Waals surface area contributed by atoms with Crippen molar-refractivity contribution in [3.63, 3.8) is 0 Å². The summed E-state index contributed by atoms with van der Waals surface area (Å²) in [6.45, 7) is 5.35. The van der Waals surface area contributed by atoms with E-state index in [1.807, 2.05) is 42.5 Å². The third kappa shape index (κ3) is 4.57. The Morgan fingerprint density at radius 1 is 1.07 bits per heavy atom. The molecule has 29 heavy (non-hydrogen) atoms. The summed E-state index contributed by atoms with van der Waals surface area (Å²) in [5.74, 6) is -0.107. The third-order valence-corrected chi connectivity index (χ3v) is 5.52. The second-order valence-electron chi connectivity index (χ2n) is 7.52. The topological polar surface area (TPSA) is 41.6 Å². The van der Waals surface area contributed by atoms with Crippen LogP contribution in [0.3, 0.4) is 0 Å². The monoisotopic (exact) mass is 392 g/mol. The normalized spacial score (nSPS) is 21.6. The van der Waals surface area contributed by atoms with E-state index in [4.69, 9.17) is 4.74 Å². The Balaban J connectivity index is 1.45. The summed E-state index contributed by atoms with van der Waals surface area (Å²) in [6, 6.07) is 14.4. The van der Waals surface area contributed by atoms with Gasteiger partial charge in [-0.2, -0.15) is 0 Å². The van der Waals surface area contributed by atoms with E-state index in [-0.39, 0.29) is 23.6 Å². The minimum atomic E-state index is -0.254. The van der Waals surface area contributed by atoms with Crippen molar-refractivity contribution in [1.29, 1.82) is 0 Å². The van der Waals surface area contributed by atoms with Crippen LogP contribution >= 0.6 is 0 Å². The Morgan fingerprint density at radius 2 is 1.76 bits per heavy atom. The van der Waals surface area contributed by atoms with Gasteiger partial charge in [-0.25, -0.2) is 4.39 Å². The summed E-state index contributed by atoms with van der Waals surface area (Å²) >= 11 is 0. The highest BCUT2D eigenvalue weighted by atomic mass is 19.1. The summed E-state index contributed by atoms with van der Waals surface area (Å²) in [5, 5.41) is 2.98. The zero-order valence-corrected chi connectivity index (χ0v) is 16.5. The number of ether oxygens (including phenoxy) is 1. The number of amides is 1. The van der Waals surface area contributed by atoms with Gasteiger partial charge in [0.05, 0.1) is 13.2 Å². The van der Waals surface area contributed by atoms with Crippen molar-refractivity contribution in [2.24, 2.45) is 5.92 Å². The average molecular weight is 392 g/mol. The number of nitrogens with one attached hydrogen (secondary N) is 1. The molecular weight excluding hydrogens is 367 g/mol. The van der Waals surface area contributed by atoms with Crippen molar-refractivity contribution in [2.45, 2.75) is 12.8 Å². The molecule has 1 saturated heterocycles. The number of benzene rings is 2. The summed E-state index contributed by atoms with van der Waals surface area (Å²) in [7, 11) is 0. The van der Waals surface area contributed by atoms with Crippen LogP contribution in [0.15, 0.2) is 72.3 Å². The molecule has 1 amide bonds. The SMILES string of the molecule is CC1C=CC(C(=O)Nc2ccc(N3CCOCC3)cc2)=CC1c1ccc(F)cc1. The lowest BCUT2D eigenvalue weighted by molar-refractivity contribution is -0.112. The van der Waals surface area contributed by atoms with Gasteiger partial charge in [0, 0.05) is 36.0 Å². The molecule has 1 aliphatic carbocycles. The quantitative estimate of drug-likeness (QED) is 0.832. The van der Waals surface area contributed by atoms with Gasteiger partial charge in [0.15, 0.2) is 0 Å². The van der Waals surface area contributed by atoms with Crippen LogP contribution in [0.4, 0.5) is 15.8 Å². The highest BCUT2D eigenvalue weighted by Gasteiger charge is 2.22. The lowest BCUT2D eigenvalue weighted by atomic mass is 9.82. The lowest BCUT2D eigenvalue weighted by Gasteiger charge is -2.29. The van der Waals surface area contributed by atoms with Crippen LogP contribution in [0.1, 0.15) is 18.4 Å². The van der Waals surface area contributed by atoms with Gasteiger partial charge >= 0.3 is 0 Å². The molecule has 0 saturated carbocycles. The van der Waals surface area contributed by atoms with Gasteiger partial charge in [-0.3, -0.25) is 4.79 Å². The first-order chi connectivity index (χ1) is 14.1. The summed E-state index contributed by atoms with van der Waals surface area (Å²) in [6.07, 6.45) is 5.86. The number of allylic oxidation sites excluding steroid dienone is 2. The van der Waals surface area contributed by atoms with Crippen LogP contribution in [-0.2, 0) is 9.53 Å². The number of rotatable bonds is 4. The van der Waals surface area contributed by atoms with Crippen LogP contribution in [0, 0.1) is 11.7 Å². The number of carbonyl (C=O) groups is 1. The van der Waals surface area contributed by atoms with Crippen LogP contribution in [0.25, 0.3) is 0 Å². The molecule has 0 radical (unpaired) electrons. The molecule has 0 bridgehead atoms. The molecule has 150 valence electrons. The summed E-state index contributed by atoms with van der Waals surface area (Å²) < 4.78 is 18.6. The fraction of sp³-hybridized carbons (Fsp3) is 0.292. The Bertz CT molecular complexity index is 913. The van der Waals surface area contributed by atoms with Gasteiger partial charge in [0.25, 0.3) is 5.91 Å². The number of nitrogens with zero attached hydrogens (tertiary/aromatic N) is 1. The fourth-order valence-corrected chi connectivity index (χ4v) is 3.79. The first kappa shape index (κ1) is 19.4. The molecular formula is C24H25FN2O2. The van der Waals surface area contributed by atoms with E-state index < -0.39 is 0 Å². The largest absolute Gasteiger partial charge is 0.378 e. The number of anilines is 2. The molecule has 2 unspecified atom stereocenters. The van der Waals surface area contributed by atoms with E-state index in [9.17, 15) is 9.18 Å². The maximum Gasteiger partial charge on any atom is 0.255 e. The number of hydrogen-bond donors (Lipinski definition) is 1. The van der Waals surface area contributed by atoms with Crippen LogP contribution in [-0.4, -0.2) is 32.2 Å². The fourth-order valence-electron chi connectivity index (χ4n) is 3.79. The molecule has 5 heteroatoms. The van der Waals surface area contributed by atoms with E-state index in [0.29, 0.717) is 5.57 Å². The number of hydrogen-bond acceptors (Lipinski definition) is 3. The smallest absolute Gasteiger partial charge is 0.255 e. The molecule has 0 aromatic heterocycles. The Morgan fingerprint density at radius 3 is 2.45 bits per heavy atom. The van der Waals surface area contributed by atoms with Crippen LogP contribution in [0.2, 0.25) is 0 Å². The van der Waals surface area contributed by atoms with Crippen molar-refractivity contribution in [3.05, 3.63) is 83.7 Å². The first-order valence-corrected chi connectivity index (χ1v) is 10.00. The van der Waals surface area contributed by atoms with Gasteiger partial charge < -0.3 is 15.0 Å². The molecule has 1 aliphatic heterocycles. The molecule has 4 nitrogen and oxygen atoms in total. The minimum Gasteiger partial charge on any atom is -0.378 e. The van der Waals surface area contributed by atoms with E-state index in [1.54, 1.807) is 12.1 Å². The molecule has 1 fully saturated rings. The maximum absolute atomic E-state index is 13.2. The molecule has 0 spiro atoms. The van der Waals surface area contributed by atoms with Crippen molar-refractivity contribution in [1.82, 2.24) is 0 Å². The van der Waals surface area contributed by atoms with Gasteiger partial charge in [-0.15, -0.1) is 0 Å². The molecule has 1 N–H and O–H groups in total. The van der Waals surface area contributed by atoms with Crippen LogP contribution < -0.4 is 10.2 Å². The van der Waals surface area contributed by atoms with E-state index in [0.717, 1.165) is 43.2 Å². The predicted molar refractivity (Wildman–Crippen MR) is 114 cm³/mol. The number of carbonyl (C=O) groups excluding carboxylic acids is 1. The predicted octanol–water partition coefficient (Wildman–Crippen LogP) is 4.52. The van der Waals surface area contributed by atoms with Crippen molar-refractivity contribution < 1.29 is 13.9 Å². The first-order valence-electron chi connectivity index (χ1n) is 10.00. The second kappa shape index (κ2) is 8.62. The number of halogens is 1. The molecule has 2 atom stereocenters. The molecule has 1 heterocycles. The Hall–Kier alpha value is -2.92. The molecule has 2 aliphatic rings. The zero-order chi connectivity index (χ0) is 20.2. The van der Waals surface area contributed by atoms with E-state index in [1.165, 1.54) is 12.1 Å². The van der Waals surface area contributed by atoms with Crippen molar-refractivity contribution in [2.75, 3.05) is 36.5 Å². The highest BCUT2D eigenvalue weighted by Crippen LogP contribution is 2.32. The van der Waals surface area contributed by atoms with Gasteiger partial charge in [-0.05, 0) is 47.9 Å². The Labute approximate surface area is 170 Å². The maximum atomic E-state index is 13.2. The standard InChI is InChI=1S/C24H25FN2O2/c1-17-2-3-19(16-23(17)18-4-6-20(25)7-5-18)24(28)26-21-8-10-22(11-9-21)27-12-14-29-15-13-27/h2-11,16-17,23H,12-15H2,1H3,(H,26,28). The van der Waals surface area contributed by atoms with Gasteiger partial charge in [-0.1, -0.05) is 37.3 Å². The molecule has 2 aromatic carbocycles. The zero-order valence-electron chi connectivity index (χ0n) is 16.5. The van der Waals surface area contributed by atoms with Crippen molar-refractivity contribution >= 4 is 17.3 Å². The molecule has 2 aromatic rings. The second-order valence-corrected chi connectivity index (χ2v) is 7.52. The minimum absolute atomic E-state index is 0.0463. The van der Waals surface area contributed by atoms with Crippen LogP contribution in [0.5, 0.6) is 0 Å². The van der Waals surface area contributed by atoms with Gasteiger partial charge in [0.1, 0.15) is 5.82 Å². The number of morpholine rings is 1. The van der Waals surface area contributed by atoms with Gasteiger partial charge in [0.2, 0.25) is 0 Å². The average Bonchev–Trinajstić information content (AvgIpc) is 2.76. The third-order valence-electron chi connectivity index (χ3n) is 5.52. The molecule has 4 rings (SSSR count). The summed E-state index contributed by atoms with van der Waals surface area (Å²) in [5.41, 5.74) is 3.52. The lowest BCUT2D eigenvalue weighted by Crippen LogP contribution is -2.36. The van der Waals surface area contributed by atoms with E-state index in [2.05, 4.69) is 17.1 Å². The highest BCUT2D eigenvalue weighted by molar-refractivity contribution is 6.06.